The molecule has 1 aromatic carbocycles. The molecule has 0 spiro atoms. The third kappa shape index (κ3) is 5.08. The second-order valence-corrected chi connectivity index (χ2v) is 13.4. The monoisotopic (exact) mass is 363 g/mol. The number of carbonyl (C=O) groups excluding carboxylic acids is 1. The molecule has 1 aromatic rings. The van der Waals surface area contributed by atoms with Gasteiger partial charge >= 0.3 is 6.09 Å². The third-order valence-electron chi connectivity index (χ3n) is 5.64. The van der Waals surface area contributed by atoms with Crippen LogP contribution in [-0.4, -0.2) is 38.0 Å². The van der Waals surface area contributed by atoms with Crippen molar-refractivity contribution in [3.63, 3.8) is 0 Å². The van der Waals surface area contributed by atoms with Crippen LogP contribution in [-0.2, 0) is 15.8 Å². The average molecular weight is 364 g/mol. The van der Waals surface area contributed by atoms with Crippen LogP contribution in [0.15, 0.2) is 30.3 Å². The number of nitrogens with zero attached hydrogens (tertiary/aromatic N) is 1. The van der Waals surface area contributed by atoms with Gasteiger partial charge in [-0.3, -0.25) is 0 Å². The first-order chi connectivity index (χ1) is 11.6. The number of carbonyl (C=O) groups is 1. The van der Waals surface area contributed by atoms with Gasteiger partial charge in [0.25, 0.3) is 0 Å². The van der Waals surface area contributed by atoms with E-state index in [1.165, 1.54) is 0 Å². The Balaban J connectivity index is 1.94. The van der Waals surface area contributed by atoms with Crippen LogP contribution in [0.2, 0.25) is 18.1 Å². The van der Waals surface area contributed by atoms with Crippen LogP contribution in [0.4, 0.5) is 4.79 Å². The lowest BCUT2D eigenvalue weighted by Gasteiger charge is -2.38. The van der Waals surface area contributed by atoms with Crippen molar-refractivity contribution in [1.82, 2.24) is 4.90 Å². The van der Waals surface area contributed by atoms with E-state index in [2.05, 4.69) is 40.8 Å². The van der Waals surface area contributed by atoms with Crippen LogP contribution in [0.5, 0.6) is 0 Å². The Morgan fingerprint density at radius 2 is 1.84 bits per heavy atom. The molecule has 5 heteroatoms. The van der Waals surface area contributed by atoms with Crippen LogP contribution in [0.3, 0.4) is 0 Å². The Hall–Kier alpha value is -1.33. The molecule has 2 atom stereocenters. The molecule has 0 radical (unpaired) electrons. The van der Waals surface area contributed by atoms with E-state index in [-0.39, 0.29) is 23.2 Å². The number of benzene rings is 1. The van der Waals surface area contributed by atoms with Gasteiger partial charge in [-0.2, -0.15) is 0 Å². The smallest absolute Gasteiger partial charge is 0.410 e. The molecule has 1 fully saturated rings. The summed E-state index contributed by atoms with van der Waals surface area (Å²) < 4.78 is 11.9. The topological polar surface area (TPSA) is 38.8 Å². The second-order valence-electron chi connectivity index (χ2n) is 8.60. The van der Waals surface area contributed by atoms with E-state index in [1.54, 1.807) is 0 Å². The van der Waals surface area contributed by atoms with Crippen molar-refractivity contribution >= 4 is 14.4 Å². The molecule has 0 unspecified atom stereocenters. The summed E-state index contributed by atoms with van der Waals surface area (Å²) in [5.74, 6) is 0. The molecule has 0 aliphatic carbocycles. The van der Waals surface area contributed by atoms with Crippen molar-refractivity contribution in [3.8, 4) is 0 Å². The van der Waals surface area contributed by atoms with Gasteiger partial charge in [0.15, 0.2) is 8.32 Å². The van der Waals surface area contributed by atoms with E-state index < -0.39 is 8.32 Å². The van der Waals surface area contributed by atoms with Crippen molar-refractivity contribution in [2.75, 3.05) is 6.61 Å². The highest BCUT2D eigenvalue weighted by molar-refractivity contribution is 6.74. The van der Waals surface area contributed by atoms with Crippen LogP contribution in [0.25, 0.3) is 0 Å². The minimum atomic E-state index is -1.81. The van der Waals surface area contributed by atoms with E-state index in [1.807, 2.05) is 35.2 Å². The molecule has 140 valence electrons. The van der Waals surface area contributed by atoms with Crippen molar-refractivity contribution in [1.29, 1.82) is 0 Å². The second kappa shape index (κ2) is 7.91. The standard InChI is InChI=1S/C20H33NO3Si/c1-16-12-13-18(15-24-25(5,6)20(2,3)4)21(16)19(22)23-14-17-10-8-7-9-11-17/h7-11,16,18H,12-15H2,1-6H3/t16-,18-/m0/s1. The lowest BCUT2D eigenvalue weighted by Crippen LogP contribution is -2.47. The molecule has 25 heavy (non-hydrogen) atoms. The molecule has 0 saturated carbocycles. The van der Waals surface area contributed by atoms with Gasteiger partial charge in [-0.1, -0.05) is 51.1 Å². The first-order valence-corrected chi connectivity index (χ1v) is 12.2. The summed E-state index contributed by atoms with van der Waals surface area (Å²) in [5, 5.41) is 0.176. The van der Waals surface area contributed by atoms with E-state index >= 15 is 0 Å². The molecule has 2 rings (SSSR count). The first-order valence-electron chi connectivity index (χ1n) is 9.25. The van der Waals surface area contributed by atoms with Crippen LogP contribution >= 0.6 is 0 Å². The highest BCUT2D eigenvalue weighted by atomic mass is 28.4. The molecule has 0 bridgehead atoms. The first kappa shape index (κ1) is 20.0. The average Bonchev–Trinajstić information content (AvgIpc) is 2.91. The predicted molar refractivity (Wildman–Crippen MR) is 104 cm³/mol. The van der Waals surface area contributed by atoms with Crippen molar-refractivity contribution in [3.05, 3.63) is 35.9 Å². The Morgan fingerprint density at radius 3 is 2.44 bits per heavy atom. The molecule has 1 amide bonds. The summed E-state index contributed by atoms with van der Waals surface area (Å²) in [6.07, 6.45) is 1.76. The molecule has 1 aliphatic rings. The molecule has 0 N–H and O–H groups in total. The van der Waals surface area contributed by atoms with E-state index in [0.717, 1.165) is 18.4 Å². The highest BCUT2D eigenvalue weighted by Crippen LogP contribution is 2.37. The summed E-state index contributed by atoms with van der Waals surface area (Å²) in [7, 11) is -1.81. The Morgan fingerprint density at radius 1 is 1.20 bits per heavy atom. The zero-order chi connectivity index (χ0) is 18.7. The fourth-order valence-corrected chi connectivity index (χ4v) is 3.92. The maximum absolute atomic E-state index is 12.6. The lowest BCUT2D eigenvalue weighted by molar-refractivity contribution is 0.0689. The SMILES string of the molecule is C[C@H]1CC[C@@H](CO[Si](C)(C)C(C)(C)C)N1C(=O)OCc1ccccc1. The Labute approximate surface area is 153 Å². The van der Waals surface area contributed by atoms with Gasteiger partial charge in [0.1, 0.15) is 6.61 Å². The van der Waals surface area contributed by atoms with E-state index in [0.29, 0.717) is 13.2 Å². The Bertz CT molecular complexity index is 568. The predicted octanol–water partition coefficient (Wildman–Crippen LogP) is 5.20. The number of hydrogen-bond acceptors (Lipinski definition) is 3. The van der Waals surface area contributed by atoms with Crippen molar-refractivity contribution in [2.24, 2.45) is 0 Å². The van der Waals surface area contributed by atoms with Crippen LogP contribution in [0.1, 0.15) is 46.1 Å². The van der Waals surface area contributed by atoms with Gasteiger partial charge in [-0.25, -0.2) is 4.79 Å². The quantitative estimate of drug-likeness (QED) is 0.675. The maximum atomic E-state index is 12.6. The Kier molecular flexibility index (Phi) is 6.33. The number of hydrogen-bond donors (Lipinski definition) is 0. The molecular weight excluding hydrogens is 330 g/mol. The van der Waals surface area contributed by atoms with Gasteiger partial charge in [0, 0.05) is 6.04 Å². The van der Waals surface area contributed by atoms with Crippen LogP contribution < -0.4 is 0 Å². The molecule has 1 saturated heterocycles. The molecule has 1 aliphatic heterocycles. The van der Waals surface area contributed by atoms with Gasteiger partial charge in [-0.15, -0.1) is 0 Å². The summed E-state index contributed by atoms with van der Waals surface area (Å²) in [6.45, 7) is 14.2. The van der Waals surface area contributed by atoms with Gasteiger partial charge < -0.3 is 14.1 Å². The summed E-state index contributed by atoms with van der Waals surface area (Å²) >= 11 is 0. The normalized spacial score (nSPS) is 21.4. The van der Waals surface area contributed by atoms with Gasteiger partial charge in [0.2, 0.25) is 0 Å². The van der Waals surface area contributed by atoms with E-state index in [9.17, 15) is 4.79 Å². The molecule has 0 aromatic heterocycles. The molecule has 4 nitrogen and oxygen atoms in total. The number of rotatable bonds is 5. The number of ether oxygens (including phenoxy) is 1. The maximum Gasteiger partial charge on any atom is 0.410 e. The minimum absolute atomic E-state index is 0.118. The zero-order valence-corrected chi connectivity index (χ0v) is 17.5. The van der Waals surface area contributed by atoms with Crippen LogP contribution in [0, 0.1) is 0 Å². The van der Waals surface area contributed by atoms with Crippen molar-refractivity contribution < 1.29 is 14.0 Å². The molecule has 1 heterocycles. The fourth-order valence-electron chi connectivity index (χ4n) is 2.88. The minimum Gasteiger partial charge on any atom is -0.445 e. The van der Waals surface area contributed by atoms with Gasteiger partial charge in [0.05, 0.1) is 12.6 Å². The van der Waals surface area contributed by atoms with Gasteiger partial charge in [-0.05, 0) is 43.5 Å². The van der Waals surface area contributed by atoms with Crippen molar-refractivity contribution in [2.45, 2.75) is 77.4 Å². The third-order valence-corrected chi connectivity index (χ3v) is 10.1. The largest absolute Gasteiger partial charge is 0.445 e. The summed E-state index contributed by atoms with van der Waals surface area (Å²) in [4.78, 5) is 14.5. The lowest BCUT2D eigenvalue weighted by atomic mass is 10.2. The summed E-state index contributed by atoms with van der Waals surface area (Å²) in [6, 6.07) is 10.1. The number of likely N-dealkylation sites (tertiary alicyclic amines) is 1. The number of amides is 1. The fraction of sp³-hybridized carbons (Fsp3) is 0.650. The summed E-state index contributed by atoms with van der Waals surface area (Å²) in [5.41, 5.74) is 1.01. The highest BCUT2D eigenvalue weighted by Gasteiger charge is 2.41. The zero-order valence-electron chi connectivity index (χ0n) is 16.5. The van der Waals surface area contributed by atoms with E-state index in [4.69, 9.17) is 9.16 Å². The molecular formula is C20H33NO3Si.